The zero-order chi connectivity index (χ0) is 10.3. The molecular weight excluding hydrogens is 230 g/mol. The summed E-state index contributed by atoms with van der Waals surface area (Å²) in [6, 6.07) is 0.372. The Morgan fingerprint density at radius 2 is 2.08 bits per heavy atom. The van der Waals surface area contributed by atoms with Crippen LogP contribution in [0.5, 0.6) is 0 Å². The van der Waals surface area contributed by atoms with E-state index in [1.54, 1.807) is 0 Å². The van der Waals surface area contributed by atoms with Gasteiger partial charge in [-0.1, -0.05) is 36.2 Å². The number of amides is 1. The molecule has 0 heterocycles. The van der Waals surface area contributed by atoms with Gasteiger partial charge in [0, 0.05) is 12.6 Å². The molecule has 3 heteroatoms. The third-order valence-electron chi connectivity index (χ3n) is 2.31. The summed E-state index contributed by atoms with van der Waals surface area (Å²) in [5.41, 5.74) is 0. The number of halogens is 1. The van der Waals surface area contributed by atoms with Crippen LogP contribution in [-0.4, -0.2) is 28.7 Å². The van der Waals surface area contributed by atoms with E-state index in [1.807, 2.05) is 4.90 Å². The van der Waals surface area contributed by atoms with Crippen LogP contribution in [0.2, 0.25) is 0 Å². The Morgan fingerprint density at radius 1 is 1.46 bits per heavy atom. The summed E-state index contributed by atoms with van der Waals surface area (Å²) in [5.74, 6) is 0.211. The highest BCUT2D eigenvalue weighted by molar-refractivity contribution is 9.09. The summed E-state index contributed by atoms with van der Waals surface area (Å²) in [4.78, 5) is 13.5. The number of rotatable bonds is 6. The maximum absolute atomic E-state index is 11.5. The van der Waals surface area contributed by atoms with E-state index >= 15 is 0 Å². The minimum atomic E-state index is 0.211. The van der Waals surface area contributed by atoms with Crippen molar-refractivity contribution in [3.63, 3.8) is 0 Å². The maximum Gasteiger partial charge on any atom is 0.233 e. The molecule has 2 nitrogen and oxygen atoms in total. The van der Waals surface area contributed by atoms with Gasteiger partial charge >= 0.3 is 0 Å². The van der Waals surface area contributed by atoms with Crippen LogP contribution in [0.25, 0.3) is 0 Å². The fourth-order valence-electron chi connectivity index (χ4n) is 1.22. The Kier molecular flexibility index (Phi) is 7.33. The van der Waals surface area contributed by atoms with E-state index in [0.29, 0.717) is 11.4 Å². The summed E-state index contributed by atoms with van der Waals surface area (Å²) >= 11 is 3.21. The van der Waals surface area contributed by atoms with Crippen LogP contribution in [0.3, 0.4) is 0 Å². The number of unbranched alkanes of at least 4 members (excludes halogenated alkanes) is 1. The van der Waals surface area contributed by atoms with E-state index in [2.05, 4.69) is 36.7 Å². The molecule has 0 aliphatic carbocycles. The van der Waals surface area contributed by atoms with Crippen molar-refractivity contribution >= 4 is 21.8 Å². The van der Waals surface area contributed by atoms with Crippen molar-refractivity contribution in [3.8, 4) is 0 Å². The summed E-state index contributed by atoms with van der Waals surface area (Å²) in [6.07, 6.45) is 3.27. The van der Waals surface area contributed by atoms with Crippen LogP contribution in [0, 0.1) is 0 Å². The van der Waals surface area contributed by atoms with E-state index in [4.69, 9.17) is 0 Å². The van der Waals surface area contributed by atoms with Crippen LogP contribution in [0.4, 0.5) is 0 Å². The first-order valence-electron chi connectivity index (χ1n) is 5.02. The Balaban J connectivity index is 4.09. The first kappa shape index (κ1) is 12.9. The molecule has 0 bridgehead atoms. The zero-order valence-corrected chi connectivity index (χ0v) is 10.4. The molecule has 1 unspecified atom stereocenters. The van der Waals surface area contributed by atoms with Crippen molar-refractivity contribution in [2.24, 2.45) is 0 Å². The van der Waals surface area contributed by atoms with Crippen LogP contribution < -0.4 is 0 Å². The lowest BCUT2D eigenvalue weighted by molar-refractivity contribution is -0.130. The van der Waals surface area contributed by atoms with Crippen molar-refractivity contribution in [1.82, 2.24) is 4.90 Å². The Bertz CT molecular complexity index is 150. The molecule has 0 saturated carbocycles. The number of carbonyl (C=O) groups is 1. The third-order valence-corrected chi connectivity index (χ3v) is 2.79. The number of nitrogens with zero attached hydrogens (tertiary/aromatic N) is 1. The predicted molar refractivity (Wildman–Crippen MR) is 60.2 cm³/mol. The average Bonchev–Trinajstić information content (AvgIpc) is 2.17. The third kappa shape index (κ3) is 4.65. The Morgan fingerprint density at radius 3 is 2.46 bits per heavy atom. The Hall–Kier alpha value is -0.0500. The highest BCUT2D eigenvalue weighted by Gasteiger charge is 2.16. The van der Waals surface area contributed by atoms with Crippen molar-refractivity contribution in [2.45, 2.75) is 46.1 Å². The van der Waals surface area contributed by atoms with Crippen LogP contribution >= 0.6 is 15.9 Å². The van der Waals surface area contributed by atoms with Gasteiger partial charge in [-0.25, -0.2) is 0 Å². The molecule has 1 amide bonds. The lowest BCUT2D eigenvalue weighted by atomic mass is 10.2. The largest absolute Gasteiger partial charge is 0.339 e. The fraction of sp³-hybridized carbons (Fsp3) is 0.900. The van der Waals surface area contributed by atoms with Gasteiger partial charge in [-0.3, -0.25) is 4.79 Å². The highest BCUT2D eigenvalue weighted by atomic mass is 79.9. The van der Waals surface area contributed by atoms with Gasteiger partial charge in [0.2, 0.25) is 5.91 Å². The molecule has 78 valence electrons. The molecule has 0 aliphatic heterocycles. The minimum absolute atomic E-state index is 0.211. The van der Waals surface area contributed by atoms with Crippen LogP contribution in [-0.2, 0) is 4.79 Å². The van der Waals surface area contributed by atoms with Gasteiger partial charge in [-0.15, -0.1) is 0 Å². The molecule has 0 aliphatic rings. The van der Waals surface area contributed by atoms with E-state index in [0.717, 1.165) is 25.8 Å². The smallest absolute Gasteiger partial charge is 0.233 e. The van der Waals surface area contributed by atoms with Crippen molar-refractivity contribution < 1.29 is 4.79 Å². The number of hydrogen-bond acceptors (Lipinski definition) is 1. The zero-order valence-electron chi connectivity index (χ0n) is 8.85. The second kappa shape index (κ2) is 7.36. The standard InChI is InChI=1S/C10H20BrNO/c1-4-6-7-12(9(3)5-2)10(13)8-11/h9H,4-8H2,1-3H3. The molecule has 1 atom stereocenters. The van der Waals surface area contributed by atoms with E-state index in [1.165, 1.54) is 0 Å². The topological polar surface area (TPSA) is 20.3 Å². The van der Waals surface area contributed by atoms with Crippen molar-refractivity contribution in [3.05, 3.63) is 0 Å². The van der Waals surface area contributed by atoms with Crippen LogP contribution in [0.15, 0.2) is 0 Å². The maximum atomic E-state index is 11.5. The predicted octanol–water partition coefficient (Wildman–Crippen LogP) is 2.81. The van der Waals surface area contributed by atoms with Crippen molar-refractivity contribution in [1.29, 1.82) is 0 Å². The van der Waals surface area contributed by atoms with E-state index in [9.17, 15) is 4.79 Å². The second-order valence-corrected chi connectivity index (χ2v) is 3.89. The van der Waals surface area contributed by atoms with E-state index in [-0.39, 0.29) is 5.91 Å². The molecule has 0 aromatic heterocycles. The summed E-state index contributed by atoms with van der Waals surface area (Å²) < 4.78 is 0. The van der Waals surface area contributed by atoms with Gasteiger partial charge in [0.25, 0.3) is 0 Å². The second-order valence-electron chi connectivity index (χ2n) is 3.33. The van der Waals surface area contributed by atoms with Gasteiger partial charge in [0.05, 0.1) is 5.33 Å². The molecule has 0 aromatic rings. The monoisotopic (exact) mass is 249 g/mol. The normalized spacial score (nSPS) is 12.6. The first-order valence-corrected chi connectivity index (χ1v) is 6.14. The number of hydrogen-bond donors (Lipinski definition) is 0. The molecule has 13 heavy (non-hydrogen) atoms. The molecule has 0 aromatic carbocycles. The van der Waals surface area contributed by atoms with Gasteiger partial charge in [0.15, 0.2) is 0 Å². The lowest BCUT2D eigenvalue weighted by Gasteiger charge is -2.27. The molecule has 0 N–H and O–H groups in total. The summed E-state index contributed by atoms with van der Waals surface area (Å²) in [6.45, 7) is 7.27. The lowest BCUT2D eigenvalue weighted by Crippen LogP contribution is -2.39. The van der Waals surface area contributed by atoms with Gasteiger partial charge in [0.1, 0.15) is 0 Å². The van der Waals surface area contributed by atoms with Gasteiger partial charge in [-0.2, -0.15) is 0 Å². The van der Waals surface area contributed by atoms with E-state index < -0.39 is 0 Å². The fourth-order valence-corrected chi connectivity index (χ4v) is 1.54. The highest BCUT2D eigenvalue weighted by Crippen LogP contribution is 2.07. The molecular formula is C10H20BrNO. The van der Waals surface area contributed by atoms with Gasteiger partial charge < -0.3 is 4.90 Å². The molecule has 0 saturated heterocycles. The number of carbonyl (C=O) groups excluding carboxylic acids is 1. The molecule has 0 rings (SSSR count). The quantitative estimate of drug-likeness (QED) is 0.664. The minimum Gasteiger partial charge on any atom is -0.339 e. The molecule has 0 fully saturated rings. The first-order chi connectivity index (χ1) is 6.17. The van der Waals surface area contributed by atoms with Gasteiger partial charge in [-0.05, 0) is 19.8 Å². The Labute approximate surface area is 89.8 Å². The number of alkyl halides is 1. The molecule has 0 spiro atoms. The SMILES string of the molecule is CCCCN(C(=O)CBr)C(C)CC. The summed E-state index contributed by atoms with van der Waals surface area (Å²) in [5, 5.41) is 0.445. The average molecular weight is 250 g/mol. The summed E-state index contributed by atoms with van der Waals surface area (Å²) in [7, 11) is 0. The van der Waals surface area contributed by atoms with Crippen LogP contribution in [0.1, 0.15) is 40.0 Å². The van der Waals surface area contributed by atoms with Crippen molar-refractivity contribution in [2.75, 3.05) is 11.9 Å². The molecule has 0 radical (unpaired) electrons.